The maximum absolute atomic E-state index is 12.0. The zero-order valence-corrected chi connectivity index (χ0v) is 13.3. The fraction of sp³-hybridized carbons (Fsp3) is 0.0833. The minimum Gasteiger partial charge on any atom is -0.508 e. The van der Waals surface area contributed by atoms with Crippen molar-refractivity contribution in [3.8, 4) is 5.75 Å². The van der Waals surface area contributed by atoms with Gasteiger partial charge in [0.25, 0.3) is 5.91 Å². The van der Waals surface area contributed by atoms with Gasteiger partial charge in [0.1, 0.15) is 5.75 Å². The van der Waals surface area contributed by atoms with Crippen LogP contribution in [0.1, 0.15) is 15.2 Å². The lowest BCUT2D eigenvalue weighted by atomic mass is 10.2. The lowest BCUT2D eigenvalue weighted by molar-refractivity contribution is 0.103. The summed E-state index contributed by atoms with van der Waals surface area (Å²) in [6, 6.07) is 6.79. The van der Waals surface area contributed by atoms with Crippen molar-refractivity contribution in [2.24, 2.45) is 0 Å². The first kappa shape index (κ1) is 13.6. The van der Waals surface area contributed by atoms with Gasteiger partial charge in [0, 0.05) is 15.7 Å². The molecule has 0 aliphatic carbocycles. The van der Waals surface area contributed by atoms with Gasteiger partial charge in [-0.15, -0.1) is 11.3 Å². The number of aromatic hydroxyl groups is 1. The molecule has 3 nitrogen and oxygen atoms in total. The maximum Gasteiger partial charge on any atom is 0.265 e. The number of halogens is 2. The van der Waals surface area contributed by atoms with Crippen LogP contribution in [0.3, 0.4) is 0 Å². The van der Waals surface area contributed by atoms with Crippen LogP contribution in [-0.2, 0) is 0 Å². The molecule has 1 amide bonds. The Kier molecular flexibility index (Phi) is 4.09. The van der Waals surface area contributed by atoms with Crippen molar-refractivity contribution >= 4 is 54.8 Å². The largest absolute Gasteiger partial charge is 0.508 e. The molecule has 1 aromatic heterocycles. The summed E-state index contributed by atoms with van der Waals surface area (Å²) < 4.78 is 1.73. The van der Waals surface area contributed by atoms with Crippen LogP contribution in [0.25, 0.3) is 0 Å². The molecule has 2 rings (SSSR count). The normalized spacial score (nSPS) is 10.4. The second kappa shape index (κ2) is 5.42. The molecule has 18 heavy (non-hydrogen) atoms. The van der Waals surface area contributed by atoms with Crippen molar-refractivity contribution < 1.29 is 9.90 Å². The molecule has 94 valence electrons. The van der Waals surface area contributed by atoms with E-state index in [-0.39, 0.29) is 11.7 Å². The number of anilines is 1. The third-order valence-electron chi connectivity index (χ3n) is 2.42. The zero-order valence-electron chi connectivity index (χ0n) is 9.33. The van der Waals surface area contributed by atoms with E-state index in [9.17, 15) is 9.90 Å². The van der Waals surface area contributed by atoms with Gasteiger partial charge < -0.3 is 10.4 Å². The summed E-state index contributed by atoms with van der Waals surface area (Å²) in [7, 11) is 0. The third-order valence-corrected chi connectivity index (χ3v) is 5.68. The minimum atomic E-state index is -0.194. The molecule has 0 saturated carbocycles. The standard InChI is InChI=1S/C12H9Br2NO2S/c1-6-8(3-2-4-9(6)16)15-12(17)10-5-7(13)11(14)18-10/h2-5,16H,1H3,(H,15,17). The van der Waals surface area contributed by atoms with Crippen molar-refractivity contribution in [2.75, 3.05) is 5.32 Å². The molecular formula is C12H9Br2NO2S. The monoisotopic (exact) mass is 389 g/mol. The number of phenolic OH excluding ortho intramolecular Hbond substituents is 1. The molecule has 0 fully saturated rings. The Balaban J connectivity index is 2.24. The Morgan fingerprint density at radius 1 is 1.39 bits per heavy atom. The summed E-state index contributed by atoms with van der Waals surface area (Å²) >= 11 is 8.03. The van der Waals surface area contributed by atoms with Crippen molar-refractivity contribution in [1.29, 1.82) is 0 Å². The minimum absolute atomic E-state index is 0.168. The Morgan fingerprint density at radius 2 is 2.11 bits per heavy atom. The number of amides is 1. The molecule has 0 aliphatic heterocycles. The molecule has 0 aliphatic rings. The number of benzene rings is 1. The molecule has 6 heteroatoms. The van der Waals surface area contributed by atoms with Gasteiger partial charge >= 0.3 is 0 Å². The second-order valence-electron chi connectivity index (χ2n) is 3.64. The average Bonchev–Trinajstić information content (AvgIpc) is 2.66. The summed E-state index contributed by atoms with van der Waals surface area (Å²) in [6.45, 7) is 1.76. The molecule has 1 heterocycles. The van der Waals surface area contributed by atoms with E-state index in [1.807, 2.05) is 0 Å². The van der Waals surface area contributed by atoms with Crippen LogP contribution in [0.15, 0.2) is 32.5 Å². The smallest absolute Gasteiger partial charge is 0.265 e. The van der Waals surface area contributed by atoms with E-state index in [0.717, 1.165) is 8.26 Å². The number of phenols is 1. The first-order valence-corrected chi connectivity index (χ1v) is 7.44. The highest BCUT2D eigenvalue weighted by molar-refractivity contribution is 9.13. The molecule has 0 spiro atoms. The molecule has 0 radical (unpaired) electrons. The molecular weight excluding hydrogens is 382 g/mol. The number of hydrogen-bond donors (Lipinski definition) is 2. The maximum atomic E-state index is 12.0. The lowest BCUT2D eigenvalue weighted by Gasteiger charge is -2.08. The lowest BCUT2D eigenvalue weighted by Crippen LogP contribution is -2.11. The van der Waals surface area contributed by atoms with Gasteiger partial charge in [-0.2, -0.15) is 0 Å². The summed E-state index contributed by atoms with van der Waals surface area (Å²) in [5.41, 5.74) is 1.26. The van der Waals surface area contributed by atoms with Gasteiger partial charge in [-0.25, -0.2) is 0 Å². The van der Waals surface area contributed by atoms with Crippen LogP contribution in [0.4, 0.5) is 5.69 Å². The van der Waals surface area contributed by atoms with E-state index in [4.69, 9.17) is 0 Å². The molecule has 0 bridgehead atoms. The van der Waals surface area contributed by atoms with Crippen LogP contribution in [-0.4, -0.2) is 11.0 Å². The van der Waals surface area contributed by atoms with Crippen LogP contribution >= 0.6 is 43.2 Å². The number of hydrogen-bond acceptors (Lipinski definition) is 3. The van der Waals surface area contributed by atoms with E-state index < -0.39 is 0 Å². The first-order valence-electron chi connectivity index (χ1n) is 5.04. The number of rotatable bonds is 2. The Bertz CT molecular complexity index is 591. The summed E-state index contributed by atoms with van der Waals surface area (Å²) in [5.74, 6) is -0.0264. The molecule has 1 aromatic carbocycles. The number of carbonyl (C=O) groups is 1. The van der Waals surface area contributed by atoms with Gasteiger partial charge in [0.15, 0.2) is 0 Å². The molecule has 0 atom stereocenters. The predicted molar refractivity (Wildman–Crippen MR) is 80.5 cm³/mol. The van der Waals surface area contributed by atoms with Crippen molar-refractivity contribution in [3.63, 3.8) is 0 Å². The van der Waals surface area contributed by atoms with Crippen molar-refractivity contribution in [3.05, 3.63) is 43.0 Å². The molecule has 0 saturated heterocycles. The van der Waals surface area contributed by atoms with Gasteiger partial charge in [-0.3, -0.25) is 4.79 Å². The SMILES string of the molecule is Cc1c(O)cccc1NC(=O)c1cc(Br)c(Br)s1. The first-order chi connectivity index (χ1) is 8.49. The molecule has 2 N–H and O–H groups in total. The fourth-order valence-corrected chi connectivity index (χ4v) is 3.33. The quantitative estimate of drug-likeness (QED) is 0.790. The number of carbonyl (C=O) groups excluding carboxylic acids is 1. The molecule has 2 aromatic rings. The predicted octanol–water partition coefficient (Wildman–Crippen LogP) is 4.54. The van der Waals surface area contributed by atoms with E-state index in [1.165, 1.54) is 11.3 Å². The van der Waals surface area contributed by atoms with Crippen molar-refractivity contribution in [2.45, 2.75) is 6.92 Å². The zero-order chi connectivity index (χ0) is 13.3. The van der Waals surface area contributed by atoms with Crippen LogP contribution in [0.5, 0.6) is 5.75 Å². The number of nitrogens with one attached hydrogen (secondary N) is 1. The fourth-order valence-electron chi connectivity index (χ4n) is 1.40. The van der Waals surface area contributed by atoms with E-state index in [1.54, 1.807) is 31.2 Å². The van der Waals surface area contributed by atoms with Gasteiger partial charge in [0.2, 0.25) is 0 Å². The Hall–Kier alpha value is -0.850. The summed E-state index contributed by atoms with van der Waals surface area (Å²) in [5, 5.41) is 12.3. The van der Waals surface area contributed by atoms with E-state index in [2.05, 4.69) is 37.2 Å². The average molecular weight is 391 g/mol. The topological polar surface area (TPSA) is 49.3 Å². The highest BCUT2D eigenvalue weighted by Gasteiger charge is 2.13. The Morgan fingerprint density at radius 3 is 2.72 bits per heavy atom. The van der Waals surface area contributed by atoms with Crippen LogP contribution < -0.4 is 5.32 Å². The highest BCUT2D eigenvalue weighted by Crippen LogP contribution is 2.33. The van der Waals surface area contributed by atoms with E-state index in [0.29, 0.717) is 16.1 Å². The van der Waals surface area contributed by atoms with E-state index >= 15 is 0 Å². The summed E-state index contributed by atoms with van der Waals surface area (Å²) in [4.78, 5) is 12.6. The highest BCUT2D eigenvalue weighted by atomic mass is 79.9. The van der Waals surface area contributed by atoms with Crippen LogP contribution in [0, 0.1) is 6.92 Å². The van der Waals surface area contributed by atoms with Crippen LogP contribution in [0.2, 0.25) is 0 Å². The Labute approximate surface area is 125 Å². The van der Waals surface area contributed by atoms with Gasteiger partial charge in [0.05, 0.1) is 8.66 Å². The van der Waals surface area contributed by atoms with Gasteiger partial charge in [-0.05, 0) is 57.0 Å². The van der Waals surface area contributed by atoms with Crippen molar-refractivity contribution in [1.82, 2.24) is 0 Å². The molecule has 0 unspecified atom stereocenters. The third kappa shape index (κ3) is 2.76. The second-order valence-corrected chi connectivity index (χ2v) is 6.86. The van der Waals surface area contributed by atoms with Gasteiger partial charge in [-0.1, -0.05) is 6.07 Å². The summed E-state index contributed by atoms with van der Waals surface area (Å²) in [6.07, 6.45) is 0. The number of thiophene rings is 1.